The van der Waals surface area contributed by atoms with Gasteiger partial charge >= 0.3 is 0 Å². The van der Waals surface area contributed by atoms with Crippen LogP contribution in [-0.4, -0.2) is 0 Å². The van der Waals surface area contributed by atoms with Gasteiger partial charge in [-0.05, 0) is 42.8 Å². The van der Waals surface area contributed by atoms with Crippen molar-refractivity contribution in [3.05, 3.63) is 58.1 Å². The Morgan fingerprint density at radius 2 is 1.76 bits per heavy atom. The minimum absolute atomic E-state index is 0.504. The third kappa shape index (κ3) is 3.32. The van der Waals surface area contributed by atoms with Gasteiger partial charge in [0.25, 0.3) is 0 Å². The second kappa shape index (κ2) is 5.34. The highest BCUT2D eigenvalue weighted by Crippen LogP contribution is 2.26. The maximum Gasteiger partial charge on any atom is 0.128 e. The van der Waals surface area contributed by atoms with E-state index < -0.39 is 0 Å². The topological polar surface area (TPSA) is 35.2 Å². The first-order chi connectivity index (χ1) is 8.17. The highest BCUT2D eigenvalue weighted by molar-refractivity contribution is 9.10. The Morgan fingerprint density at radius 3 is 2.41 bits per heavy atom. The van der Waals surface area contributed by atoms with Gasteiger partial charge in [-0.1, -0.05) is 33.6 Å². The molecule has 0 saturated heterocycles. The van der Waals surface area contributed by atoms with Crippen molar-refractivity contribution < 1.29 is 4.74 Å². The zero-order valence-electron chi connectivity index (χ0n) is 9.61. The molecule has 0 unspecified atom stereocenters. The van der Waals surface area contributed by atoms with E-state index in [1.54, 1.807) is 0 Å². The van der Waals surface area contributed by atoms with Crippen LogP contribution in [0.1, 0.15) is 11.1 Å². The predicted molar refractivity (Wildman–Crippen MR) is 73.3 cm³/mol. The molecule has 0 aliphatic heterocycles. The Bertz CT molecular complexity index is 508. The van der Waals surface area contributed by atoms with Gasteiger partial charge in [-0.3, -0.25) is 0 Å². The number of ether oxygens (including phenoxy) is 1. The molecule has 2 nitrogen and oxygen atoms in total. The number of hydrogen-bond donors (Lipinski definition) is 1. The molecule has 2 rings (SSSR count). The third-order valence-electron chi connectivity index (χ3n) is 2.42. The molecule has 0 heterocycles. The molecule has 0 amide bonds. The Kier molecular flexibility index (Phi) is 3.82. The van der Waals surface area contributed by atoms with Gasteiger partial charge in [0.05, 0.1) is 0 Å². The maximum atomic E-state index is 5.77. The van der Waals surface area contributed by atoms with Gasteiger partial charge in [0, 0.05) is 11.0 Å². The molecule has 2 aromatic carbocycles. The molecule has 0 spiro atoms. The van der Waals surface area contributed by atoms with Crippen LogP contribution in [0.4, 0.5) is 0 Å². The number of hydrogen-bond acceptors (Lipinski definition) is 2. The molecule has 0 bridgehead atoms. The van der Waals surface area contributed by atoms with Crippen LogP contribution in [0.25, 0.3) is 0 Å². The third-order valence-corrected chi connectivity index (χ3v) is 2.88. The summed E-state index contributed by atoms with van der Waals surface area (Å²) in [5.41, 5.74) is 7.88. The summed E-state index contributed by atoms with van der Waals surface area (Å²) in [5, 5.41) is 0. The molecule has 0 fully saturated rings. The molecular formula is C14H14BrNO. The second-order valence-corrected chi connectivity index (χ2v) is 4.83. The van der Waals surface area contributed by atoms with Crippen molar-refractivity contribution in [1.29, 1.82) is 0 Å². The van der Waals surface area contributed by atoms with E-state index in [4.69, 9.17) is 10.5 Å². The molecule has 0 aliphatic carbocycles. The number of nitrogens with two attached hydrogens (primary N) is 1. The van der Waals surface area contributed by atoms with Gasteiger partial charge in [0.1, 0.15) is 11.5 Å². The van der Waals surface area contributed by atoms with Crippen LogP contribution < -0.4 is 10.5 Å². The summed E-state index contributed by atoms with van der Waals surface area (Å²) in [5.74, 6) is 1.63. The highest BCUT2D eigenvalue weighted by atomic mass is 79.9. The van der Waals surface area contributed by atoms with Gasteiger partial charge in [-0.25, -0.2) is 0 Å². The summed E-state index contributed by atoms with van der Waals surface area (Å²) in [6, 6.07) is 13.8. The van der Waals surface area contributed by atoms with E-state index in [1.165, 1.54) is 5.56 Å². The molecule has 0 aromatic heterocycles. The Labute approximate surface area is 110 Å². The van der Waals surface area contributed by atoms with Crippen LogP contribution >= 0.6 is 15.9 Å². The molecule has 0 aliphatic rings. The van der Waals surface area contributed by atoms with Crippen molar-refractivity contribution in [2.45, 2.75) is 13.5 Å². The van der Waals surface area contributed by atoms with E-state index in [9.17, 15) is 0 Å². The minimum atomic E-state index is 0.504. The van der Waals surface area contributed by atoms with Crippen molar-refractivity contribution in [3.63, 3.8) is 0 Å². The lowest BCUT2D eigenvalue weighted by Crippen LogP contribution is -1.96. The van der Waals surface area contributed by atoms with Gasteiger partial charge in [-0.15, -0.1) is 0 Å². The lowest BCUT2D eigenvalue weighted by Gasteiger charge is -2.08. The molecule has 0 radical (unpaired) electrons. The summed E-state index contributed by atoms with van der Waals surface area (Å²) in [7, 11) is 0. The average Bonchev–Trinajstić information content (AvgIpc) is 2.31. The lowest BCUT2D eigenvalue weighted by molar-refractivity contribution is 0.481. The Balaban J connectivity index is 2.23. The van der Waals surface area contributed by atoms with Gasteiger partial charge in [0.2, 0.25) is 0 Å². The van der Waals surface area contributed by atoms with Crippen molar-refractivity contribution >= 4 is 15.9 Å². The number of benzene rings is 2. The minimum Gasteiger partial charge on any atom is -0.457 e. The van der Waals surface area contributed by atoms with E-state index in [-0.39, 0.29) is 0 Å². The molecule has 17 heavy (non-hydrogen) atoms. The quantitative estimate of drug-likeness (QED) is 0.927. The van der Waals surface area contributed by atoms with Crippen LogP contribution in [0.3, 0.4) is 0 Å². The van der Waals surface area contributed by atoms with Crippen LogP contribution in [0.15, 0.2) is 46.9 Å². The largest absolute Gasteiger partial charge is 0.457 e. The summed E-state index contributed by atoms with van der Waals surface area (Å²) < 4.78 is 6.75. The SMILES string of the molecule is Cc1ccc(Oc2cc(Br)cc(CN)c2)cc1. The normalized spacial score (nSPS) is 10.3. The second-order valence-electron chi connectivity index (χ2n) is 3.91. The number of halogens is 1. The lowest BCUT2D eigenvalue weighted by atomic mass is 10.2. The van der Waals surface area contributed by atoms with E-state index >= 15 is 0 Å². The maximum absolute atomic E-state index is 5.77. The molecule has 88 valence electrons. The Morgan fingerprint density at radius 1 is 1.06 bits per heavy atom. The first-order valence-electron chi connectivity index (χ1n) is 5.41. The van der Waals surface area contributed by atoms with Crippen LogP contribution in [0, 0.1) is 6.92 Å². The summed E-state index contributed by atoms with van der Waals surface area (Å²) in [4.78, 5) is 0. The number of rotatable bonds is 3. The molecule has 2 aromatic rings. The van der Waals surface area contributed by atoms with E-state index in [0.717, 1.165) is 21.5 Å². The zero-order valence-corrected chi connectivity index (χ0v) is 11.2. The molecule has 2 N–H and O–H groups in total. The fourth-order valence-corrected chi connectivity index (χ4v) is 2.06. The summed E-state index contributed by atoms with van der Waals surface area (Å²) >= 11 is 3.44. The van der Waals surface area contributed by atoms with Crippen LogP contribution in [0.5, 0.6) is 11.5 Å². The smallest absolute Gasteiger partial charge is 0.128 e. The molecule has 0 saturated carbocycles. The standard InChI is InChI=1S/C14H14BrNO/c1-10-2-4-13(5-3-10)17-14-7-11(9-16)6-12(15)8-14/h2-8H,9,16H2,1H3. The first-order valence-corrected chi connectivity index (χ1v) is 6.21. The molecule has 0 atom stereocenters. The fraction of sp³-hybridized carbons (Fsp3) is 0.143. The monoisotopic (exact) mass is 291 g/mol. The van der Waals surface area contributed by atoms with E-state index in [0.29, 0.717) is 6.54 Å². The van der Waals surface area contributed by atoms with Crippen molar-refractivity contribution in [2.24, 2.45) is 5.73 Å². The fourth-order valence-electron chi connectivity index (χ4n) is 1.54. The van der Waals surface area contributed by atoms with Crippen LogP contribution in [0.2, 0.25) is 0 Å². The van der Waals surface area contributed by atoms with Crippen molar-refractivity contribution in [3.8, 4) is 11.5 Å². The Hall–Kier alpha value is -1.32. The zero-order chi connectivity index (χ0) is 12.3. The first kappa shape index (κ1) is 12.1. The summed E-state index contributed by atoms with van der Waals surface area (Å²) in [6.07, 6.45) is 0. The molecular weight excluding hydrogens is 278 g/mol. The predicted octanol–water partition coefficient (Wildman–Crippen LogP) is 4.01. The van der Waals surface area contributed by atoms with Crippen molar-refractivity contribution in [1.82, 2.24) is 0 Å². The molecule has 3 heteroatoms. The number of aryl methyl sites for hydroxylation is 1. The van der Waals surface area contributed by atoms with Gasteiger partial charge in [-0.2, -0.15) is 0 Å². The van der Waals surface area contributed by atoms with Gasteiger partial charge in [0.15, 0.2) is 0 Å². The highest BCUT2D eigenvalue weighted by Gasteiger charge is 2.01. The summed E-state index contributed by atoms with van der Waals surface area (Å²) in [6.45, 7) is 2.55. The van der Waals surface area contributed by atoms with Crippen LogP contribution in [-0.2, 0) is 6.54 Å². The van der Waals surface area contributed by atoms with Crippen molar-refractivity contribution in [2.75, 3.05) is 0 Å². The average molecular weight is 292 g/mol. The van der Waals surface area contributed by atoms with E-state index in [1.807, 2.05) is 42.5 Å². The van der Waals surface area contributed by atoms with E-state index in [2.05, 4.69) is 22.9 Å². The van der Waals surface area contributed by atoms with Gasteiger partial charge < -0.3 is 10.5 Å².